The topological polar surface area (TPSA) is 74.8 Å². The number of nitrogens with one attached hydrogen (secondary N) is 2. The number of aromatic amines is 1. The SMILES string of the molecule is O=C(N[C@H]1CCc2n[nH]c(=O)cc2C1)c1ccccc1C(F)(F)F. The zero-order valence-electron chi connectivity index (χ0n) is 12.5. The number of aromatic nitrogens is 2. The fourth-order valence-electron chi connectivity index (χ4n) is 2.85. The lowest BCUT2D eigenvalue weighted by molar-refractivity contribution is -0.137. The number of benzene rings is 1. The van der Waals surface area contributed by atoms with Gasteiger partial charge in [-0.05, 0) is 37.0 Å². The maximum atomic E-state index is 13.0. The summed E-state index contributed by atoms with van der Waals surface area (Å²) in [6.45, 7) is 0. The van der Waals surface area contributed by atoms with E-state index >= 15 is 0 Å². The summed E-state index contributed by atoms with van der Waals surface area (Å²) >= 11 is 0. The predicted molar refractivity (Wildman–Crippen MR) is 79.6 cm³/mol. The number of carbonyl (C=O) groups is 1. The number of hydrogen-bond donors (Lipinski definition) is 2. The van der Waals surface area contributed by atoms with Gasteiger partial charge >= 0.3 is 6.18 Å². The van der Waals surface area contributed by atoms with Crippen molar-refractivity contribution >= 4 is 5.91 Å². The zero-order valence-corrected chi connectivity index (χ0v) is 12.5. The minimum absolute atomic E-state index is 0.338. The standard InChI is InChI=1S/C16H14F3N3O2/c17-16(18,19)12-4-2-1-3-11(12)15(24)20-10-5-6-13-9(7-10)8-14(23)22-21-13/h1-4,8,10H,5-7H2,(H,20,24)(H,22,23)/t10-/m0/s1. The molecule has 1 amide bonds. The Morgan fingerprint density at radius 3 is 2.79 bits per heavy atom. The molecule has 2 aromatic rings. The van der Waals surface area contributed by atoms with Crippen LogP contribution in [0.2, 0.25) is 0 Å². The van der Waals surface area contributed by atoms with E-state index in [0.29, 0.717) is 24.8 Å². The highest BCUT2D eigenvalue weighted by atomic mass is 19.4. The van der Waals surface area contributed by atoms with E-state index in [1.807, 2.05) is 0 Å². The molecule has 1 aromatic heterocycles. The van der Waals surface area contributed by atoms with E-state index in [0.717, 1.165) is 17.8 Å². The molecule has 1 aromatic carbocycles. The van der Waals surface area contributed by atoms with Crippen molar-refractivity contribution in [2.24, 2.45) is 0 Å². The average Bonchev–Trinajstić information content (AvgIpc) is 2.53. The summed E-state index contributed by atoms with van der Waals surface area (Å²) in [6, 6.07) is 5.74. The van der Waals surface area contributed by atoms with E-state index in [1.165, 1.54) is 18.2 Å². The lowest BCUT2D eigenvalue weighted by Crippen LogP contribution is -2.40. The van der Waals surface area contributed by atoms with Gasteiger partial charge in [-0.3, -0.25) is 9.59 Å². The van der Waals surface area contributed by atoms with E-state index in [9.17, 15) is 22.8 Å². The summed E-state index contributed by atoms with van der Waals surface area (Å²) in [6.07, 6.45) is -3.14. The number of rotatable bonds is 2. The van der Waals surface area contributed by atoms with Crippen molar-refractivity contribution in [3.05, 3.63) is 63.1 Å². The Hall–Kier alpha value is -2.64. The average molecular weight is 337 g/mol. The number of alkyl halides is 3. The first kappa shape index (κ1) is 16.2. The van der Waals surface area contributed by atoms with E-state index < -0.39 is 23.2 Å². The van der Waals surface area contributed by atoms with Crippen LogP contribution in [0.25, 0.3) is 0 Å². The van der Waals surface area contributed by atoms with E-state index in [4.69, 9.17) is 0 Å². The Balaban J connectivity index is 1.78. The molecule has 0 bridgehead atoms. The van der Waals surface area contributed by atoms with Gasteiger partial charge in [0.15, 0.2) is 0 Å². The van der Waals surface area contributed by atoms with Crippen molar-refractivity contribution in [3.8, 4) is 0 Å². The van der Waals surface area contributed by atoms with Crippen molar-refractivity contribution in [3.63, 3.8) is 0 Å². The Morgan fingerprint density at radius 2 is 2.04 bits per heavy atom. The van der Waals surface area contributed by atoms with Crippen LogP contribution >= 0.6 is 0 Å². The Labute approximate surface area is 134 Å². The van der Waals surface area contributed by atoms with Gasteiger partial charge < -0.3 is 5.32 Å². The first-order chi connectivity index (χ1) is 11.3. The van der Waals surface area contributed by atoms with Crippen LogP contribution in [-0.2, 0) is 19.0 Å². The molecule has 8 heteroatoms. The molecule has 1 atom stereocenters. The Kier molecular flexibility index (Phi) is 4.13. The summed E-state index contributed by atoms with van der Waals surface area (Å²) in [5.41, 5.74) is -0.255. The fraction of sp³-hybridized carbons (Fsp3) is 0.312. The van der Waals surface area contributed by atoms with Crippen molar-refractivity contribution in [2.45, 2.75) is 31.5 Å². The molecule has 1 heterocycles. The minimum Gasteiger partial charge on any atom is -0.349 e. The third-order valence-corrected chi connectivity index (χ3v) is 3.99. The Bertz CT molecular complexity index is 830. The second kappa shape index (κ2) is 6.10. The van der Waals surface area contributed by atoms with Crippen LogP contribution in [0.5, 0.6) is 0 Å². The molecule has 2 N–H and O–H groups in total. The van der Waals surface area contributed by atoms with Gasteiger partial charge in [0, 0.05) is 12.1 Å². The third kappa shape index (κ3) is 3.32. The van der Waals surface area contributed by atoms with Crippen LogP contribution in [0, 0.1) is 0 Å². The van der Waals surface area contributed by atoms with E-state index in [-0.39, 0.29) is 11.6 Å². The summed E-state index contributed by atoms with van der Waals surface area (Å²) < 4.78 is 39.0. The molecule has 0 unspecified atom stereocenters. The molecular formula is C16H14F3N3O2. The fourth-order valence-corrected chi connectivity index (χ4v) is 2.85. The molecule has 0 aliphatic heterocycles. The van der Waals surface area contributed by atoms with Gasteiger partial charge in [0.25, 0.3) is 11.5 Å². The first-order valence-electron chi connectivity index (χ1n) is 7.39. The maximum absolute atomic E-state index is 13.0. The molecule has 5 nitrogen and oxygen atoms in total. The molecule has 1 aliphatic rings. The number of carbonyl (C=O) groups excluding carboxylic acids is 1. The van der Waals surface area contributed by atoms with Crippen molar-refractivity contribution in [1.29, 1.82) is 0 Å². The molecular weight excluding hydrogens is 323 g/mol. The number of amides is 1. The molecule has 1 aliphatic carbocycles. The second-order valence-electron chi connectivity index (χ2n) is 5.66. The molecule has 126 valence electrons. The van der Waals surface area contributed by atoms with Gasteiger partial charge in [0.1, 0.15) is 0 Å². The number of aryl methyl sites for hydroxylation is 1. The lowest BCUT2D eigenvalue weighted by atomic mass is 9.92. The normalized spacial score (nSPS) is 17.2. The highest BCUT2D eigenvalue weighted by molar-refractivity contribution is 5.96. The summed E-state index contributed by atoms with van der Waals surface area (Å²) in [5.74, 6) is -0.769. The highest BCUT2D eigenvalue weighted by Crippen LogP contribution is 2.32. The number of nitrogens with zero attached hydrogens (tertiary/aromatic N) is 1. The van der Waals surface area contributed by atoms with Crippen LogP contribution in [0.15, 0.2) is 35.1 Å². The molecule has 24 heavy (non-hydrogen) atoms. The van der Waals surface area contributed by atoms with Crippen LogP contribution in [-0.4, -0.2) is 22.1 Å². The van der Waals surface area contributed by atoms with Gasteiger partial charge in [0.05, 0.1) is 16.8 Å². The number of fused-ring (bicyclic) bond motifs is 1. The maximum Gasteiger partial charge on any atom is 0.417 e. The van der Waals surface area contributed by atoms with Gasteiger partial charge in [-0.2, -0.15) is 18.3 Å². The van der Waals surface area contributed by atoms with Crippen LogP contribution in [0.4, 0.5) is 13.2 Å². The summed E-state index contributed by atoms with van der Waals surface area (Å²) in [5, 5.41) is 8.91. The summed E-state index contributed by atoms with van der Waals surface area (Å²) in [7, 11) is 0. The molecule has 0 saturated heterocycles. The predicted octanol–water partition coefficient (Wildman–Crippen LogP) is 2.08. The third-order valence-electron chi connectivity index (χ3n) is 3.99. The van der Waals surface area contributed by atoms with Gasteiger partial charge in [-0.15, -0.1) is 0 Å². The van der Waals surface area contributed by atoms with Crippen molar-refractivity contribution in [2.75, 3.05) is 0 Å². The monoisotopic (exact) mass is 337 g/mol. The largest absolute Gasteiger partial charge is 0.417 e. The molecule has 3 rings (SSSR count). The smallest absolute Gasteiger partial charge is 0.349 e. The van der Waals surface area contributed by atoms with Gasteiger partial charge in [0.2, 0.25) is 0 Å². The lowest BCUT2D eigenvalue weighted by Gasteiger charge is -2.24. The summed E-state index contributed by atoms with van der Waals surface area (Å²) in [4.78, 5) is 23.6. The molecule has 0 radical (unpaired) electrons. The number of hydrogen-bond acceptors (Lipinski definition) is 3. The zero-order chi connectivity index (χ0) is 17.3. The van der Waals surface area contributed by atoms with Gasteiger partial charge in [-0.1, -0.05) is 12.1 Å². The van der Waals surface area contributed by atoms with Gasteiger partial charge in [-0.25, -0.2) is 5.10 Å². The highest BCUT2D eigenvalue weighted by Gasteiger charge is 2.35. The van der Waals surface area contributed by atoms with Crippen LogP contribution < -0.4 is 10.9 Å². The van der Waals surface area contributed by atoms with E-state index in [1.54, 1.807) is 0 Å². The van der Waals surface area contributed by atoms with Crippen molar-refractivity contribution < 1.29 is 18.0 Å². The molecule has 0 spiro atoms. The number of H-pyrrole nitrogens is 1. The van der Waals surface area contributed by atoms with Crippen LogP contribution in [0.1, 0.15) is 33.6 Å². The molecule has 0 saturated carbocycles. The Morgan fingerprint density at radius 1 is 1.29 bits per heavy atom. The van der Waals surface area contributed by atoms with Crippen LogP contribution in [0.3, 0.4) is 0 Å². The first-order valence-corrected chi connectivity index (χ1v) is 7.39. The van der Waals surface area contributed by atoms with E-state index in [2.05, 4.69) is 15.5 Å². The second-order valence-corrected chi connectivity index (χ2v) is 5.66. The quantitative estimate of drug-likeness (QED) is 0.881. The minimum atomic E-state index is -4.59. The molecule has 0 fully saturated rings. The number of halogens is 3. The van der Waals surface area contributed by atoms with Crippen molar-refractivity contribution in [1.82, 2.24) is 15.5 Å².